The number of aromatic nitrogens is 6. The van der Waals surface area contributed by atoms with Crippen molar-refractivity contribution in [3.05, 3.63) is 78.4 Å². The van der Waals surface area contributed by atoms with Gasteiger partial charge in [0.05, 0.1) is 12.4 Å². The van der Waals surface area contributed by atoms with Crippen molar-refractivity contribution in [1.82, 2.24) is 35.5 Å². The minimum absolute atomic E-state index is 0.119. The summed E-state index contributed by atoms with van der Waals surface area (Å²) in [6.45, 7) is 1.96. The van der Waals surface area contributed by atoms with Crippen molar-refractivity contribution >= 4 is 5.91 Å². The Morgan fingerprint density at radius 3 is 2.52 bits per heavy atom. The molecular weight excluding hydrogens is 342 g/mol. The van der Waals surface area contributed by atoms with Crippen molar-refractivity contribution in [2.75, 3.05) is 0 Å². The highest BCUT2D eigenvalue weighted by Crippen LogP contribution is 2.18. The Morgan fingerprint density at radius 1 is 1.11 bits per heavy atom. The lowest BCUT2D eigenvalue weighted by molar-refractivity contribution is 0.0940. The summed E-state index contributed by atoms with van der Waals surface area (Å²) in [5.74, 6) is 0.356. The van der Waals surface area contributed by atoms with Gasteiger partial charge in [0.2, 0.25) is 5.82 Å². The van der Waals surface area contributed by atoms with Gasteiger partial charge in [-0.1, -0.05) is 24.3 Å². The number of nitrogens with one attached hydrogen (secondary N) is 2. The van der Waals surface area contributed by atoms with Gasteiger partial charge < -0.3 is 9.88 Å². The highest BCUT2D eigenvalue weighted by Gasteiger charge is 2.12. The number of rotatable bonds is 5. The minimum Gasteiger partial charge on any atom is -0.346 e. The summed E-state index contributed by atoms with van der Waals surface area (Å²) in [6.07, 6.45) is 5.37. The molecule has 4 rings (SSSR count). The zero-order valence-corrected chi connectivity index (χ0v) is 14.6. The lowest BCUT2D eigenvalue weighted by atomic mass is 10.1. The third-order valence-electron chi connectivity index (χ3n) is 4.29. The van der Waals surface area contributed by atoms with E-state index in [1.807, 2.05) is 42.0 Å². The predicted molar refractivity (Wildman–Crippen MR) is 99.1 cm³/mol. The fourth-order valence-corrected chi connectivity index (χ4v) is 2.77. The van der Waals surface area contributed by atoms with E-state index < -0.39 is 0 Å². The van der Waals surface area contributed by atoms with E-state index in [2.05, 4.69) is 30.9 Å². The zero-order chi connectivity index (χ0) is 18.6. The second-order valence-corrected chi connectivity index (χ2v) is 6.07. The lowest BCUT2D eigenvalue weighted by Gasteiger charge is -2.15. The average Bonchev–Trinajstić information content (AvgIpc) is 3.42. The van der Waals surface area contributed by atoms with Gasteiger partial charge in [-0.2, -0.15) is 5.21 Å². The third-order valence-corrected chi connectivity index (χ3v) is 4.29. The third kappa shape index (κ3) is 3.59. The quantitative estimate of drug-likeness (QED) is 0.570. The van der Waals surface area contributed by atoms with E-state index in [1.165, 1.54) is 0 Å². The molecule has 27 heavy (non-hydrogen) atoms. The number of hydrogen-bond acceptors (Lipinski definition) is 5. The highest BCUT2D eigenvalue weighted by molar-refractivity contribution is 5.94. The smallest absolute Gasteiger partial charge is 0.251 e. The van der Waals surface area contributed by atoms with E-state index in [-0.39, 0.29) is 11.9 Å². The molecule has 2 aromatic carbocycles. The number of nitrogens with zero attached hydrogens (tertiary/aromatic N) is 5. The van der Waals surface area contributed by atoms with Crippen LogP contribution in [0.1, 0.15) is 28.9 Å². The second kappa shape index (κ2) is 7.20. The van der Waals surface area contributed by atoms with Gasteiger partial charge >= 0.3 is 0 Å². The van der Waals surface area contributed by atoms with Gasteiger partial charge in [-0.15, -0.1) is 10.2 Å². The normalized spacial score (nSPS) is 11.9. The number of aromatic amines is 1. The predicted octanol–water partition coefficient (Wildman–Crippen LogP) is 2.54. The number of tetrazole rings is 1. The van der Waals surface area contributed by atoms with E-state index in [0.717, 1.165) is 16.8 Å². The van der Waals surface area contributed by atoms with Crippen LogP contribution in [0.4, 0.5) is 0 Å². The van der Waals surface area contributed by atoms with E-state index >= 15 is 0 Å². The van der Waals surface area contributed by atoms with E-state index in [1.54, 1.807) is 36.8 Å². The first kappa shape index (κ1) is 16.6. The summed E-state index contributed by atoms with van der Waals surface area (Å²) < 4.78 is 1.93. The molecule has 4 aromatic rings. The molecule has 2 aromatic heterocycles. The monoisotopic (exact) mass is 359 g/mol. The average molecular weight is 359 g/mol. The first-order chi connectivity index (χ1) is 13.2. The van der Waals surface area contributed by atoms with Crippen molar-refractivity contribution in [3.63, 3.8) is 0 Å². The molecule has 134 valence electrons. The Labute approximate surface area is 155 Å². The zero-order valence-electron chi connectivity index (χ0n) is 14.6. The van der Waals surface area contributed by atoms with Crippen LogP contribution in [0.5, 0.6) is 0 Å². The van der Waals surface area contributed by atoms with Crippen LogP contribution in [0.25, 0.3) is 17.1 Å². The van der Waals surface area contributed by atoms with Gasteiger partial charge in [0.25, 0.3) is 5.91 Å². The Hall–Kier alpha value is -3.81. The summed E-state index contributed by atoms with van der Waals surface area (Å²) >= 11 is 0. The number of carbonyl (C=O) groups is 1. The Balaban J connectivity index is 1.43. The van der Waals surface area contributed by atoms with Crippen molar-refractivity contribution < 1.29 is 4.79 Å². The molecule has 2 heterocycles. The Kier molecular flexibility index (Phi) is 4.44. The van der Waals surface area contributed by atoms with Crippen LogP contribution in [0, 0.1) is 0 Å². The summed E-state index contributed by atoms with van der Waals surface area (Å²) in [5, 5.41) is 16.8. The molecule has 0 bridgehead atoms. The number of benzene rings is 2. The van der Waals surface area contributed by atoms with E-state index in [4.69, 9.17) is 0 Å². The maximum absolute atomic E-state index is 12.5. The van der Waals surface area contributed by atoms with Gasteiger partial charge in [0, 0.05) is 29.2 Å². The molecule has 0 fully saturated rings. The van der Waals surface area contributed by atoms with Gasteiger partial charge in [-0.3, -0.25) is 4.79 Å². The first-order valence-electron chi connectivity index (χ1n) is 8.44. The molecule has 8 nitrogen and oxygen atoms in total. The summed E-state index contributed by atoms with van der Waals surface area (Å²) in [7, 11) is 0. The topological polar surface area (TPSA) is 101 Å². The van der Waals surface area contributed by atoms with Gasteiger partial charge in [0.15, 0.2) is 0 Å². The molecule has 0 spiro atoms. The number of amides is 1. The summed E-state index contributed by atoms with van der Waals surface area (Å²) in [5.41, 5.74) is 3.41. The van der Waals surface area contributed by atoms with Crippen LogP contribution in [-0.2, 0) is 0 Å². The summed E-state index contributed by atoms with van der Waals surface area (Å²) in [4.78, 5) is 16.6. The summed E-state index contributed by atoms with van der Waals surface area (Å²) in [6, 6.07) is 15.0. The van der Waals surface area contributed by atoms with Crippen LogP contribution >= 0.6 is 0 Å². The standard InChI is InChI=1S/C19H17N7O/c1-13(14-6-8-17(9-7-14)26-11-10-20-12-26)21-19(27)16-4-2-15(3-5-16)18-22-24-25-23-18/h2-13H,1H3,(H,21,27)(H,22,23,24,25). The molecule has 0 saturated heterocycles. The van der Waals surface area contributed by atoms with Crippen LogP contribution in [0.3, 0.4) is 0 Å². The van der Waals surface area contributed by atoms with Crippen molar-refractivity contribution in [2.24, 2.45) is 0 Å². The number of imidazole rings is 1. The number of H-pyrrole nitrogens is 1. The molecular formula is C19H17N7O. The Bertz CT molecular complexity index is 1010. The molecule has 0 aliphatic heterocycles. The van der Waals surface area contributed by atoms with E-state index in [0.29, 0.717) is 11.4 Å². The largest absolute Gasteiger partial charge is 0.346 e. The van der Waals surface area contributed by atoms with Crippen molar-refractivity contribution in [3.8, 4) is 17.1 Å². The SMILES string of the molecule is CC(NC(=O)c1ccc(-c2nn[nH]n2)cc1)c1ccc(-n2ccnc2)cc1. The van der Waals surface area contributed by atoms with Crippen molar-refractivity contribution in [1.29, 1.82) is 0 Å². The van der Waals surface area contributed by atoms with Crippen LogP contribution in [0.15, 0.2) is 67.3 Å². The molecule has 0 radical (unpaired) electrons. The van der Waals surface area contributed by atoms with E-state index in [9.17, 15) is 4.79 Å². The lowest BCUT2D eigenvalue weighted by Crippen LogP contribution is -2.26. The van der Waals surface area contributed by atoms with Gasteiger partial charge in [-0.05, 0) is 42.0 Å². The number of carbonyl (C=O) groups excluding carboxylic acids is 1. The Morgan fingerprint density at radius 2 is 1.89 bits per heavy atom. The fourth-order valence-electron chi connectivity index (χ4n) is 2.77. The fraction of sp³-hybridized carbons (Fsp3) is 0.105. The first-order valence-corrected chi connectivity index (χ1v) is 8.44. The molecule has 2 N–H and O–H groups in total. The van der Waals surface area contributed by atoms with Crippen LogP contribution in [-0.4, -0.2) is 36.1 Å². The molecule has 0 aliphatic rings. The molecule has 8 heteroatoms. The highest BCUT2D eigenvalue weighted by atomic mass is 16.1. The molecule has 0 saturated carbocycles. The van der Waals surface area contributed by atoms with Crippen LogP contribution in [0.2, 0.25) is 0 Å². The molecule has 1 atom stereocenters. The molecule has 1 amide bonds. The molecule has 1 unspecified atom stereocenters. The maximum atomic E-state index is 12.5. The second-order valence-electron chi connectivity index (χ2n) is 6.07. The minimum atomic E-state index is -0.138. The van der Waals surface area contributed by atoms with Gasteiger partial charge in [0.1, 0.15) is 0 Å². The van der Waals surface area contributed by atoms with Gasteiger partial charge in [-0.25, -0.2) is 4.98 Å². The molecule has 0 aliphatic carbocycles. The van der Waals surface area contributed by atoms with Crippen molar-refractivity contribution in [2.45, 2.75) is 13.0 Å². The van der Waals surface area contributed by atoms with Crippen LogP contribution < -0.4 is 5.32 Å². The number of hydrogen-bond donors (Lipinski definition) is 2. The maximum Gasteiger partial charge on any atom is 0.251 e.